The van der Waals surface area contributed by atoms with Crippen LogP contribution in [-0.4, -0.2) is 28.8 Å². The van der Waals surface area contributed by atoms with E-state index in [1.165, 1.54) is 25.7 Å². The van der Waals surface area contributed by atoms with Gasteiger partial charge in [0.25, 0.3) is 0 Å². The van der Waals surface area contributed by atoms with Gasteiger partial charge in [-0.3, -0.25) is 4.21 Å². The fourth-order valence-corrected chi connectivity index (χ4v) is 2.64. The van der Waals surface area contributed by atoms with Crippen LogP contribution in [0.3, 0.4) is 0 Å². The minimum Gasteiger partial charge on any atom is -0.315 e. The third-order valence-corrected chi connectivity index (χ3v) is 4.99. The molecule has 1 N–H and O–H groups in total. The maximum absolute atomic E-state index is 11.2. The van der Waals surface area contributed by atoms with Gasteiger partial charge in [-0.25, -0.2) is 0 Å². The van der Waals surface area contributed by atoms with Gasteiger partial charge in [-0.05, 0) is 31.7 Å². The smallest absolute Gasteiger partial charge is 0.0441 e. The molecule has 2 nitrogen and oxygen atoms in total. The molecular formula is C12H25NOS. The Morgan fingerprint density at radius 1 is 1.40 bits per heavy atom. The predicted octanol–water partition coefficient (Wildman–Crippen LogP) is 2.17. The van der Waals surface area contributed by atoms with Crippen LogP contribution in [0.15, 0.2) is 0 Å². The molecule has 0 saturated heterocycles. The maximum atomic E-state index is 11.2. The molecule has 0 aromatic heterocycles. The summed E-state index contributed by atoms with van der Waals surface area (Å²) >= 11 is 0. The third-order valence-electron chi connectivity index (χ3n) is 3.69. The Morgan fingerprint density at radius 2 is 2.07 bits per heavy atom. The Hall–Kier alpha value is 0.110. The molecule has 1 fully saturated rings. The molecule has 0 radical (unpaired) electrons. The van der Waals surface area contributed by atoms with Crippen LogP contribution < -0.4 is 5.32 Å². The van der Waals surface area contributed by atoms with Crippen molar-refractivity contribution in [2.45, 2.75) is 44.8 Å². The van der Waals surface area contributed by atoms with E-state index in [2.05, 4.69) is 12.2 Å². The van der Waals surface area contributed by atoms with Crippen LogP contribution >= 0.6 is 0 Å². The first kappa shape index (κ1) is 13.2. The molecule has 3 heteroatoms. The molecule has 0 amide bonds. The monoisotopic (exact) mass is 231 g/mol. The Labute approximate surface area is 96.7 Å². The minimum absolute atomic E-state index is 0.281. The fraction of sp³-hybridized carbons (Fsp3) is 1.00. The quantitative estimate of drug-likeness (QED) is 0.785. The molecule has 0 bridgehead atoms. The van der Waals surface area contributed by atoms with Crippen molar-refractivity contribution in [2.75, 3.05) is 19.3 Å². The zero-order valence-electron chi connectivity index (χ0n) is 10.3. The summed E-state index contributed by atoms with van der Waals surface area (Å²) in [4.78, 5) is 0. The first-order valence-electron chi connectivity index (χ1n) is 6.14. The second kappa shape index (κ2) is 6.64. The number of hydrogen-bond donors (Lipinski definition) is 1. The Kier molecular flexibility index (Phi) is 5.83. The summed E-state index contributed by atoms with van der Waals surface area (Å²) in [5, 5.41) is 3.75. The minimum atomic E-state index is -0.688. The van der Waals surface area contributed by atoms with E-state index in [1.54, 1.807) is 6.26 Å². The summed E-state index contributed by atoms with van der Waals surface area (Å²) in [6.07, 6.45) is 7.36. The van der Waals surface area contributed by atoms with Gasteiger partial charge in [-0.1, -0.05) is 26.2 Å². The molecule has 15 heavy (non-hydrogen) atoms. The number of rotatable bonds is 5. The highest BCUT2D eigenvalue weighted by Crippen LogP contribution is 2.28. The summed E-state index contributed by atoms with van der Waals surface area (Å²) in [7, 11) is -0.688. The van der Waals surface area contributed by atoms with Gasteiger partial charge in [0.15, 0.2) is 0 Å². The number of hydrogen-bond acceptors (Lipinski definition) is 2. The lowest BCUT2D eigenvalue weighted by Gasteiger charge is -2.29. The molecule has 90 valence electrons. The van der Waals surface area contributed by atoms with Crippen LogP contribution in [0.1, 0.15) is 39.5 Å². The van der Waals surface area contributed by atoms with Gasteiger partial charge in [0, 0.05) is 28.9 Å². The number of nitrogens with one attached hydrogen (secondary N) is 1. The van der Waals surface area contributed by atoms with E-state index in [0.717, 1.165) is 24.9 Å². The van der Waals surface area contributed by atoms with Gasteiger partial charge in [-0.2, -0.15) is 0 Å². The summed E-state index contributed by atoms with van der Waals surface area (Å²) in [5.41, 5.74) is 0. The molecule has 0 heterocycles. The molecule has 0 aromatic rings. The maximum Gasteiger partial charge on any atom is 0.0441 e. The molecule has 1 aliphatic rings. The van der Waals surface area contributed by atoms with Gasteiger partial charge >= 0.3 is 0 Å². The predicted molar refractivity (Wildman–Crippen MR) is 67.5 cm³/mol. The zero-order chi connectivity index (χ0) is 11.3. The Morgan fingerprint density at radius 3 is 2.67 bits per heavy atom. The molecule has 0 aliphatic heterocycles. The summed E-state index contributed by atoms with van der Waals surface area (Å²) < 4.78 is 11.2. The molecule has 1 saturated carbocycles. The van der Waals surface area contributed by atoms with Crippen molar-refractivity contribution in [3.63, 3.8) is 0 Å². The van der Waals surface area contributed by atoms with E-state index in [0.29, 0.717) is 0 Å². The zero-order valence-corrected chi connectivity index (χ0v) is 11.1. The molecule has 4 atom stereocenters. The van der Waals surface area contributed by atoms with Crippen molar-refractivity contribution in [3.05, 3.63) is 0 Å². The van der Waals surface area contributed by atoms with Gasteiger partial charge in [-0.15, -0.1) is 0 Å². The van der Waals surface area contributed by atoms with Crippen LogP contribution in [0.5, 0.6) is 0 Å². The molecular weight excluding hydrogens is 206 g/mol. The van der Waals surface area contributed by atoms with Crippen molar-refractivity contribution in [3.8, 4) is 0 Å². The van der Waals surface area contributed by atoms with Gasteiger partial charge in [0.05, 0.1) is 0 Å². The molecule has 1 aliphatic carbocycles. The van der Waals surface area contributed by atoms with Crippen LogP contribution in [0.2, 0.25) is 0 Å². The van der Waals surface area contributed by atoms with Crippen LogP contribution in [0, 0.1) is 11.8 Å². The van der Waals surface area contributed by atoms with E-state index < -0.39 is 10.8 Å². The lowest BCUT2D eigenvalue weighted by atomic mass is 9.80. The van der Waals surface area contributed by atoms with Crippen molar-refractivity contribution in [2.24, 2.45) is 11.8 Å². The normalized spacial score (nSPS) is 31.1. The lowest BCUT2D eigenvalue weighted by Crippen LogP contribution is -2.34. The average molecular weight is 231 g/mol. The van der Waals surface area contributed by atoms with Gasteiger partial charge in [0.1, 0.15) is 0 Å². The third kappa shape index (κ3) is 4.64. The van der Waals surface area contributed by atoms with Crippen LogP contribution in [0.4, 0.5) is 0 Å². The Bertz CT molecular complexity index is 208. The second-order valence-electron chi connectivity index (χ2n) is 4.99. The highest BCUT2D eigenvalue weighted by Gasteiger charge is 2.20. The van der Waals surface area contributed by atoms with Gasteiger partial charge in [0.2, 0.25) is 0 Å². The van der Waals surface area contributed by atoms with E-state index in [4.69, 9.17) is 0 Å². The second-order valence-corrected chi connectivity index (χ2v) is 6.79. The van der Waals surface area contributed by atoms with Crippen molar-refractivity contribution >= 4 is 10.8 Å². The standard InChI is InChI=1S/C12H25NOS/c1-10-6-4-5-7-12(10)9-13-8-11(2)15(3)14/h10-13H,4-9H2,1-3H3. The van der Waals surface area contributed by atoms with Crippen molar-refractivity contribution in [1.82, 2.24) is 5.32 Å². The summed E-state index contributed by atoms with van der Waals surface area (Å²) in [6, 6.07) is 0. The van der Waals surface area contributed by atoms with Gasteiger partial charge < -0.3 is 5.32 Å². The molecule has 0 aromatic carbocycles. The van der Waals surface area contributed by atoms with Crippen LogP contribution in [0.25, 0.3) is 0 Å². The lowest BCUT2D eigenvalue weighted by molar-refractivity contribution is 0.248. The first-order valence-corrected chi connectivity index (χ1v) is 7.76. The molecule has 0 spiro atoms. The van der Waals surface area contributed by atoms with Crippen LogP contribution in [-0.2, 0) is 10.8 Å². The van der Waals surface area contributed by atoms with E-state index in [-0.39, 0.29) is 5.25 Å². The molecule has 4 unspecified atom stereocenters. The topological polar surface area (TPSA) is 29.1 Å². The van der Waals surface area contributed by atoms with E-state index in [9.17, 15) is 4.21 Å². The summed E-state index contributed by atoms with van der Waals surface area (Å²) in [5.74, 6) is 1.71. The highest BCUT2D eigenvalue weighted by molar-refractivity contribution is 7.84. The summed E-state index contributed by atoms with van der Waals surface area (Å²) in [6.45, 7) is 6.43. The van der Waals surface area contributed by atoms with Crippen molar-refractivity contribution in [1.29, 1.82) is 0 Å². The first-order chi connectivity index (χ1) is 7.11. The molecule has 1 rings (SSSR count). The largest absolute Gasteiger partial charge is 0.315 e. The fourth-order valence-electron chi connectivity index (χ4n) is 2.29. The van der Waals surface area contributed by atoms with Crippen molar-refractivity contribution < 1.29 is 4.21 Å². The van der Waals surface area contributed by atoms with E-state index >= 15 is 0 Å². The Balaban J connectivity index is 2.16. The highest BCUT2D eigenvalue weighted by atomic mass is 32.2. The average Bonchev–Trinajstić information content (AvgIpc) is 2.20. The van der Waals surface area contributed by atoms with E-state index in [1.807, 2.05) is 6.92 Å². The SMILES string of the molecule is CC1CCCCC1CNCC(C)S(C)=O.